The third-order valence-electron chi connectivity index (χ3n) is 11.8. The van der Waals surface area contributed by atoms with Crippen LogP contribution < -0.4 is 4.74 Å². The van der Waals surface area contributed by atoms with Crippen molar-refractivity contribution in [3.05, 3.63) is 88.6 Å². The third kappa shape index (κ3) is 10.3. The lowest BCUT2D eigenvalue weighted by molar-refractivity contribution is -0.342. The number of allylic oxidation sites excluding steroid dienone is 5. The van der Waals surface area contributed by atoms with Crippen LogP contribution in [0.5, 0.6) is 5.75 Å². The van der Waals surface area contributed by atoms with Gasteiger partial charge in [-0.3, -0.25) is 4.79 Å². The maximum atomic E-state index is 14.6. The second-order valence-corrected chi connectivity index (χ2v) is 19.7. The number of rotatable bonds is 6. The number of hydrogen-bond acceptors (Lipinski definition) is 10. The predicted molar refractivity (Wildman–Crippen MR) is 223 cm³/mol. The lowest BCUT2D eigenvalue weighted by Gasteiger charge is -2.51. The molecule has 4 heterocycles. The predicted octanol–water partition coefficient (Wildman–Crippen LogP) is 8.70. The Bertz CT molecular complexity index is 1830. The van der Waals surface area contributed by atoms with Crippen molar-refractivity contribution >= 4 is 46.7 Å². The van der Waals surface area contributed by atoms with Gasteiger partial charge in [0.2, 0.25) is 3.79 Å². The number of carbonyl (C=O) groups excluding carboxylic acids is 2. The number of aliphatic hydroxyl groups is 2. The van der Waals surface area contributed by atoms with Crippen molar-refractivity contribution in [1.29, 1.82) is 0 Å². The van der Waals surface area contributed by atoms with Crippen LogP contribution in [0.1, 0.15) is 90.9 Å². The molecule has 318 valence electrons. The van der Waals surface area contributed by atoms with Crippen molar-refractivity contribution in [2.45, 2.75) is 132 Å². The molecule has 0 aromatic heterocycles. The van der Waals surface area contributed by atoms with E-state index in [4.69, 9.17) is 63.2 Å². The Hall–Kier alpha value is -2.67. The van der Waals surface area contributed by atoms with Crippen LogP contribution in [0.2, 0.25) is 0 Å². The van der Waals surface area contributed by atoms with E-state index >= 15 is 0 Å². The van der Waals surface area contributed by atoms with Crippen LogP contribution in [0.15, 0.2) is 83.0 Å². The van der Waals surface area contributed by atoms with E-state index < -0.39 is 63.6 Å². The van der Waals surface area contributed by atoms with Crippen molar-refractivity contribution in [2.75, 3.05) is 13.2 Å². The fourth-order valence-corrected chi connectivity index (χ4v) is 9.18. The molecule has 1 aromatic rings. The average molecular weight is 864 g/mol. The van der Waals surface area contributed by atoms with E-state index in [0.717, 1.165) is 12.0 Å². The molecular formula is C45H57Cl3O10. The number of hydrogen-bond donors (Lipinski definition) is 2. The number of carbonyl (C=O) groups is 2. The van der Waals surface area contributed by atoms with Crippen LogP contribution >= 0.6 is 34.8 Å². The maximum Gasteiger partial charge on any atom is 0.338 e. The number of esters is 2. The maximum absolute atomic E-state index is 14.6. The van der Waals surface area contributed by atoms with Crippen LogP contribution in [-0.4, -0.2) is 87.2 Å². The topological polar surface area (TPSA) is 130 Å². The molecule has 3 saturated heterocycles. The van der Waals surface area contributed by atoms with Gasteiger partial charge in [-0.15, -0.1) is 0 Å². The highest BCUT2D eigenvalue weighted by atomic mass is 35.6. The van der Waals surface area contributed by atoms with Crippen LogP contribution in [0.4, 0.5) is 0 Å². The summed E-state index contributed by atoms with van der Waals surface area (Å²) in [4.78, 5) is 28.1. The number of aliphatic hydroxyl groups excluding tert-OH is 1. The van der Waals surface area contributed by atoms with E-state index in [1.807, 2.05) is 19.9 Å². The summed E-state index contributed by atoms with van der Waals surface area (Å²) in [5, 5.41) is 24.2. The first-order chi connectivity index (χ1) is 27.3. The first-order valence-corrected chi connectivity index (χ1v) is 21.4. The average Bonchev–Trinajstić information content (AvgIpc) is 3.47. The normalized spacial score (nSPS) is 38.4. The SMILES string of the molecule is CC1=C[C@H]2C(=O)O[C@H]3C[C@@H](C/C=C(\C)C[C@@H](C)/C=C/C=C4\CO[C@H]([C@@H]1OC(=O)c1ccc(OCC(Cl)(Cl)Cl)cc1)[C@@]42O)O[C@@]1(CC(O)[C@H](C)[C@@H](/C(C)=C/C(C)C)O1)C3. The molecule has 1 spiro atoms. The Morgan fingerprint density at radius 3 is 2.50 bits per heavy atom. The van der Waals surface area contributed by atoms with E-state index in [-0.39, 0.29) is 55.5 Å². The van der Waals surface area contributed by atoms with Crippen molar-refractivity contribution in [1.82, 2.24) is 0 Å². The first kappa shape index (κ1) is 44.9. The first-order valence-electron chi connectivity index (χ1n) is 20.3. The quantitative estimate of drug-likeness (QED) is 0.163. The summed E-state index contributed by atoms with van der Waals surface area (Å²) in [5.41, 5.74) is 1.51. The highest BCUT2D eigenvalue weighted by molar-refractivity contribution is 6.67. The van der Waals surface area contributed by atoms with Gasteiger partial charge in [0.1, 0.15) is 36.1 Å². The minimum atomic E-state index is -1.91. The molecule has 1 unspecified atom stereocenters. The summed E-state index contributed by atoms with van der Waals surface area (Å²) in [5.74, 6) is -3.03. The molecular weight excluding hydrogens is 807 g/mol. The minimum absolute atomic E-state index is 0.00398. The Morgan fingerprint density at radius 1 is 1.09 bits per heavy atom. The zero-order chi connectivity index (χ0) is 42.2. The monoisotopic (exact) mass is 862 g/mol. The Labute approximate surface area is 357 Å². The number of benzene rings is 1. The van der Waals surface area contributed by atoms with Crippen LogP contribution in [0.3, 0.4) is 0 Å². The molecule has 3 fully saturated rings. The fourth-order valence-electron chi connectivity index (χ4n) is 9.02. The molecule has 0 radical (unpaired) electrons. The molecule has 2 bridgehead atoms. The summed E-state index contributed by atoms with van der Waals surface area (Å²) in [6.07, 6.45) is 9.62. The van der Waals surface area contributed by atoms with Crippen LogP contribution in [0, 0.1) is 23.7 Å². The summed E-state index contributed by atoms with van der Waals surface area (Å²) in [6, 6.07) is 6.17. The van der Waals surface area contributed by atoms with Gasteiger partial charge in [0.15, 0.2) is 11.9 Å². The van der Waals surface area contributed by atoms with Gasteiger partial charge in [0.05, 0.1) is 30.5 Å². The lowest BCUT2D eigenvalue weighted by Crippen LogP contribution is -2.60. The molecule has 5 aliphatic rings. The van der Waals surface area contributed by atoms with E-state index in [9.17, 15) is 19.8 Å². The summed E-state index contributed by atoms with van der Waals surface area (Å²) >= 11 is 17.4. The molecule has 6 rings (SSSR count). The fraction of sp³-hybridized carbons (Fsp3) is 0.600. The largest absolute Gasteiger partial charge is 0.489 e. The summed E-state index contributed by atoms with van der Waals surface area (Å²) in [6.45, 7) is 14.0. The van der Waals surface area contributed by atoms with Crippen molar-refractivity contribution < 1.29 is 48.2 Å². The van der Waals surface area contributed by atoms with Crippen molar-refractivity contribution in [3.8, 4) is 5.75 Å². The Morgan fingerprint density at radius 2 is 1.81 bits per heavy atom. The van der Waals surface area contributed by atoms with Crippen LogP contribution in [0.25, 0.3) is 0 Å². The molecule has 13 heteroatoms. The van der Waals surface area contributed by atoms with Crippen molar-refractivity contribution in [2.24, 2.45) is 23.7 Å². The van der Waals surface area contributed by atoms with E-state index in [2.05, 4.69) is 45.9 Å². The zero-order valence-corrected chi connectivity index (χ0v) is 36.6. The highest BCUT2D eigenvalue weighted by Crippen LogP contribution is 2.48. The van der Waals surface area contributed by atoms with Gasteiger partial charge >= 0.3 is 11.9 Å². The molecule has 11 atom stereocenters. The Kier molecular flexibility index (Phi) is 14.0. The molecule has 10 nitrogen and oxygen atoms in total. The summed E-state index contributed by atoms with van der Waals surface area (Å²) < 4.78 is 36.2. The second-order valence-electron chi connectivity index (χ2n) is 17.2. The van der Waals surface area contributed by atoms with Gasteiger partial charge in [-0.2, -0.15) is 0 Å². The second kappa shape index (κ2) is 18.1. The molecule has 4 aliphatic heterocycles. The highest BCUT2D eigenvalue weighted by Gasteiger charge is 2.61. The summed E-state index contributed by atoms with van der Waals surface area (Å²) in [7, 11) is 0. The smallest absolute Gasteiger partial charge is 0.338 e. The standard InChI is InChI=1S/C45H57Cl3O10/c1-25(2)17-28(5)38-30(7)37(49)22-43(58-38)21-35-20-34(57-43)14-11-27(4)18-26(3)9-8-10-32-23-53-40-39(29(6)19-36(42(51)55-35)45(32,40)52)56-41(50)31-12-15-33(16-13-31)54-24-44(46,47)48/h8-13,15-17,19,25-26,30,34-40,49,52H,14,18,20-24H2,1-7H3/b9-8+,27-11+,28-17+,32-10+/t26-,30-,34+,35-,36-,37?,38+,39+,40+,43-,45+/m0/s1. The molecule has 1 aliphatic carbocycles. The molecule has 58 heavy (non-hydrogen) atoms. The van der Waals surface area contributed by atoms with Gasteiger partial charge in [0, 0.05) is 25.2 Å². The number of fused-ring (bicyclic) bond motifs is 2. The minimum Gasteiger partial charge on any atom is -0.489 e. The van der Waals surface area contributed by atoms with E-state index in [1.165, 1.54) is 17.7 Å². The molecule has 2 N–H and O–H groups in total. The number of ether oxygens (including phenoxy) is 6. The van der Waals surface area contributed by atoms with E-state index in [1.54, 1.807) is 31.2 Å². The van der Waals surface area contributed by atoms with Gasteiger partial charge < -0.3 is 38.6 Å². The molecule has 1 aromatic carbocycles. The third-order valence-corrected chi connectivity index (χ3v) is 12.1. The molecule has 0 amide bonds. The van der Waals surface area contributed by atoms with Gasteiger partial charge in [-0.25, -0.2) is 4.79 Å². The van der Waals surface area contributed by atoms with E-state index in [0.29, 0.717) is 29.7 Å². The molecule has 0 saturated carbocycles. The zero-order valence-electron chi connectivity index (χ0n) is 34.3. The van der Waals surface area contributed by atoms with Crippen molar-refractivity contribution in [3.63, 3.8) is 0 Å². The van der Waals surface area contributed by atoms with Gasteiger partial charge in [0.25, 0.3) is 0 Å². The lowest BCUT2D eigenvalue weighted by atomic mass is 9.70. The van der Waals surface area contributed by atoms with Gasteiger partial charge in [-0.1, -0.05) is 105 Å². The van der Waals surface area contributed by atoms with Gasteiger partial charge in [-0.05, 0) is 86.4 Å². The number of alkyl halides is 3. The van der Waals surface area contributed by atoms with Crippen LogP contribution in [-0.2, 0) is 28.5 Å². The number of halogens is 3. The Balaban J connectivity index is 1.32.